The van der Waals surface area contributed by atoms with Crippen LogP contribution in [0.3, 0.4) is 0 Å². The Hall–Kier alpha value is -3.88. The Morgan fingerprint density at radius 1 is 1.14 bits per heavy atom. The number of hydrogen-bond donors (Lipinski definition) is 2. The molecule has 8 nitrogen and oxygen atoms in total. The van der Waals surface area contributed by atoms with E-state index >= 15 is 0 Å². The molecule has 1 fully saturated rings. The molecular formula is C28H29N5O3. The molecule has 0 amide bonds. The van der Waals surface area contributed by atoms with Gasteiger partial charge in [-0.25, -0.2) is 9.97 Å². The number of aliphatic hydroxyl groups is 1. The second-order valence-electron chi connectivity index (χ2n) is 9.02. The van der Waals surface area contributed by atoms with Gasteiger partial charge in [0.1, 0.15) is 5.75 Å². The van der Waals surface area contributed by atoms with Gasteiger partial charge in [0.2, 0.25) is 0 Å². The maximum atomic E-state index is 9.35. The van der Waals surface area contributed by atoms with E-state index < -0.39 is 0 Å². The number of aliphatic hydroxyl groups excluding tert-OH is 1. The molecule has 1 saturated heterocycles. The van der Waals surface area contributed by atoms with Crippen LogP contribution in [-0.4, -0.2) is 59.5 Å². The first-order valence-corrected chi connectivity index (χ1v) is 12.3. The summed E-state index contributed by atoms with van der Waals surface area (Å²) in [4.78, 5) is 11.8. The molecule has 0 atom stereocenters. The number of rotatable bonds is 7. The molecule has 4 aromatic rings. The van der Waals surface area contributed by atoms with Gasteiger partial charge in [-0.1, -0.05) is 18.2 Å². The van der Waals surface area contributed by atoms with Gasteiger partial charge < -0.3 is 29.2 Å². The minimum Gasteiger partial charge on any atom is -0.495 e. The summed E-state index contributed by atoms with van der Waals surface area (Å²) in [5.74, 6) is 1.49. The van der Waals surface area contributed by atoms with Crippen molar-refractivity contribution in [2.75, 3.05) is 50.2 Å². The number of nitrogens with zero attached hydrogens (tertiary/aromatic N) is 4. The second-order valence-corrected chi connectivity index (χ2v) is 9.02. The maximum Gasteiger partial charge on any atom is 0.180 e. The van der Waals surface area contributed by atoms with Gasteiger partial charge in [0.05, 0.1) is 31.7 Å². The van der Waals surface area contributed by atoms with Crippen LogP contribution in [0.2, 0.25) is 0 Å². The number of methoxy groups -OCH3 is 1. The number of anilines is 3. The lowest BCUT2D eigenvalue weighted by molar-refractivity contribution is 0.122. The van der Waals surface area contributed by atoms with Crippen LogP contribution in [0.25, 0.3) is 22.5 Å². The largest absolute Gasteiger partial charge is 0.495 e. The smallest absolute Gasteiger partial charge is 0.180 e. The molecule has 2 aromatic carbocycles. The quantitative estimate of drug-likeness (QED) is 0.405. The summed E-state index contributed by atoms with van der Waals surface area (Å²) in [6.07, 6.45) is 9.50. The molecule has 1 aliphatic carbocycles. The third kappa shape index (κ3) is 4.19. The summed E-state index contributed by atoms with van der Waals surface area (Å²) in [6.45, 7) is 3.30. The normalized spacial score (nSPS) is 15.2. The van der Waals surface area contributed by atoms with Gasteiger partial charge in [-0.15, -0.1) is 0 Å². The fraction of sp³-hybridized carbons (Fsp3) is 0.286. The van der Waals surface area contributed by atoms with Gasteiger partial charge in [0.15, 0.2) is 11.5 Å². The van der Waals surface area contributed by atoms with E-state index in [0.29, 0.717) is 12.2 Å². The Morgan fingerprint density at radius 2 is 2.03 bits per heavy atom. The predicted octanol–water partition coefficient (Wildman–Crippen LogP) is 4.31. The zero-order valence-electron chi connectivity index (χ0n) is 20.3. The highest BCUT2D eigenvalue weighted by atomic mass is 16.5. The lowest BCUT2D eigenvalue weighted by atomic mass is 10.00. The van der Waals surface area contributed by atoms with Crippen molar-refractivity contribution in [1.29, 1.82) is 0 Å². The van der Waals surface area contributed by atoms with Crippen LogP contribution in [-0.2, 0) is 11.2 Å². The molecule has 0 unspecified atom stereocenters. The van der Waals surface area contributed by atoms with Crippen molar-refractivity contribution in [3.63, 3.8) is 0 Å². The number of nitrogens with one attached hydrogen (secondary N) is 1. The third-order valence-electron chi connectivity index (χ3n) is 6.86. The van der Waals surface area contributed by atoms with Crippen molar-refractivity contribution in [3.8, 4) is 17.0 Å². The molecular weight excluding hydrogens is 454 g/mol. The first-order valence-electron chi connectivity index (χ1n) is 12.3. The number of morpholine rings is 1. The van der Waals surface area contributed by atoms with Crippen LogP contribution in [0.5, 0.6) is 5.75 Å². The highest BCUT2D eigenvalue weighted by Crippen LogP contribution is 2.35. The number of ether oxygens (including phenoxy) is 2. The van der Waals surface area contributed by atoms with E-state index in [0.717, 1.165) is 66.8 Å². The van der Waals surface area contributed by atoms with Crippen molar-refractivity contribution < 1.29 is 14.6 Å². The molecule has 6 rings (SSSR count). The first kappa shape index (κ1) is 22.6. The molecule has 8 heteroatoms. The number of fused-ring (bicyclic) bond motifs is 2. The number of imidazole rings is 1. The monoisotopic (exact) mass is 483 g/mol. The Bertz CT molecular complexity index is 1440. The summed E-state index contributed by atoms with van der Waals surface area (Å²) in [7, 11) is 1.70. The molecule has 0 saturated carbocycles. The van der Waals surface area contributed by atoms with Crippen LogP contribution in [0, 0.1) is 0 Å². The minimum absolute atomic E-state index is 0.166. The molecule has 2 aromatic heterocycles. The second kappa shape index (κ2) is 9.64. The average Bonchev–Trinajstić information content (AvgIpc) is 3.56. The highest BCUT2D eigenvalue weighted by molar-refractivity contribution is 5.79. The lowest BCUT2D eigenvalue weighted by Gasteiger charge is -2.30. The van der Waals surface area contributed by atoms with E-state index in [1.165, 1.54) is 16.7 Å². The van der Waals surface area contributed by atoms with Crippen molar-refractivity contribution >= 4 is 28.4 Å². The number of allylic oxidation sites excluding steroid dienone is 1. The number of hydrogen-bond acceptors (Lipinski definition) is 7. The third-order valence-corrected chi connectivity index (χ3v) is 6.86. The maximum absolute atomic E-state index is 9.35. The van der Waals surface area contributed by atoms with Crippen molar-refractivity contribution in [3.05, 3.63) is 72.2 Å². The number of aromatic nitrogens is 3. The molecule has 0 bridgehead atoms. The Kier molecular flexibility index (Phi) is 6.04. The zero-order chi connectivity index (χ0) is 24.5. The van der Waals surface area contributed by atoms with E-state index in [1.807, 2.05) is 28.9 Å². The van der Waals surface area contributed by atoms with Crippen LogP contribution in [0.1, 0.15) is 17.5 Å². The zero-order valence-corrected chi connectivity index (χ0v) is 20.3. The molecule has 184 valence electrons. The van der Waals surface area contributed by atoms with Gasteiger partial charge in [-0.3, -0.25) is 0 Å². The molecule has 0 spiro atoms. The van der Waals surface area contributed by atoms with E-state index in [2.05, 4.69) is 45.5 Å². The lowest BCUT2D eigenvalue weighted by Crippen LogP contribution is -2.36. The fourth-order valence-electron chi connectivity index (χ4n) is 5.05. The van der Waals surface area contributed by atoms with E-state index in [1.54, 1.807) is 13.3 Å². The van der Waals surface area contributed by atoms with E-state index in [4.69, 9.17) is 14.5 Å². The fourth-order valence-corrected chi connectivity index (χ4v) is 5.05. The standard InChI is InChI=1S/C28H29N5O3/c1-35-26-17-22(5-7-25(26)32-11-14-36-15-12-32)30-27-28-29-9-10-33(28)18-24(31-27)21-4-6-23-19(8-13-34)2-3-20(23)16-21/h2,4-7,9-10,16-18,34H,3,8,11-15H2,1H3,(H,30,31). The highest BCUT2D eigenvalue weighted by Gasteiger charge is 2.18. The average molecular weight is 484 g/mol. The van der Waals surface area contributed by atoms with Crippen molar-refractivity contribution in [1.82, 2.24) is 14.4 Å². The number of benzene rings is 2. The van der Waals surface area contributed by atoms with E-state index in [-0.39, 0.29) is 6.61 Å². The Balaban J connectivity index is 1.32. The molecule has 3 heterocycles. The molecule has 0 radical (unpaired) electrons. The predicted molar refractivity (Wildman–Crippen MR) is 141 cm³/mol. The van der Waals surface area contributed by atoms with Crippen LogP contribution >= 0.6 is 0 Å². The van der Waals surface area contributed by atoms with Gasteiger partial charge in [0, 0.05) is 55.6 Å². The molecule has 2 N–H and O–H groups in total. The molecule has 1 aliphatic heterocycles. The molecule has 2 aliphatic rings. The van der Waals surface area contributed by atoms with Crippen molar-refractivity contribution in [2.45, 2.75) is 12.8 Å². The first-order chi connectivity index (χ1) is 17.7. The van der Waals surface area contributed by atoms with Crippen LogP contribution < -0.4 is 15.0 Å². The molecule has 36 heavy (non-hydrogen) atoms. The topological polar surface area (TPSA) is 84.1 Å². The minimum atomic E-state index is 0.166. The van der Waals surface area contributed by atoms with Gasteiger partial charge in [0.25, 0.3) is 0 Å². The van der Waals surface area contributed by atoms with E-state index in [9.17, 15) is 5.11 Å². The summed E-state index contributed by atoms with van der Waals surface area (Å²) in [5.41, 5.74) is 8.31. The summed E-state index contributed by atoms with van der Waals surface area (Å²) in [6, 6.07) is 12.6. The summed E-state index contributed by atoms with van der Waals surface area (Å²) < 4.78 is 13.2. The van der Waals surface area contributed by atoms with Gasteiger partial charge >= 0.3 is 0 Å². The summed E-state index contributed by atoms with van der Waals surface area (Å²) >= 11 is 0. The van der Waals surface area contributed by atoms with Gasteiger partial charge in [-0.2, -0.15) is 0 Å². The van der Waals surface area contributed by atoms with Gasteiger partial charge in [-0.05, 0) is 47.7 Å². The Labute approximate surface area is 209 Å². The van der Waals surface area contributed by atoms with Crippen LogP contribution in [0.15, 0.2) is 61.1 Å². The Morgan fingerprint density at radius 3 is 2.86 bits per heavy atom. The SMILES string of the molecule is COc1cc(Nc2nc(-c3ccc4c(c3)CC=C4CCO)cn3ccnc23)ccc1N1CCOCC1. The summed E-state index contributed by atoms with van der Waals surface area (Å²) in [5, 5.41) is 12.8. The van der Waals surface area contributed by atoms with Crippen LogP contribution in [0.4, 0.5) is 17.2 Å². The van der Waals surface area contributed by atoms with Crippen molar-refractivity contribution in [2.24, 2.45) is 0 Å².